The Morgan fingerprint density at radius 2 is 0.616 bits per heavy atom. The molecule has 5 heteroatoms. The minimum atomic E-state index is -0.583. The van der Waals surface area contributed by atoms with Crippen LogP contribution >= 0.6 is 0 Å². The van der Waals surface area contributed by atoms with Crippen LogP contribution in [0.3, 0.4) is 0 Å². The number of rotatable bonds is 8. The molecule has 0 fully saturated rings. The van der Waals surface area contributed by atoms with Gasteiger partial charge in [0.15, 0.2) is 0 Å². The highest BCUT2D eigenvalue weighted by atomic mass is 15.2. The third kappa shape index (κ3) is 10.2. The summed E-state index contributed by atoms with van der Waals surface area (Å²) in [6.45, 7) is 26.7. The molecule has 0 N–H and O–H groups in total. The van der Waals surface area contributed by atoms with Crippen LogP contribution in [-0.4, -0.2) is 15.8 Å². The third-order valence-corrected chi connectivity index (χ3v) is 20.6. The van der Waals surface area contributed by atoms with Gasteiger partial charge in [0.25, 0.3) is 6.71 Å². The van der Waals surface area contributed by atoms with Crippen LogP contribution in [0, 0.1) is 0 Å². The number of benzene rings is 13. The molecule has 0 unspecified atom stereocenters. The predicted octanol–water partition coefficient (Wildman–Crippen LogP) is 23.8. The maximum atomic E-state index is 9.59. The molecule has 4 heterocycles. The SMILES string of the molecule is [2H]c1c([2H])c([2H])c(-c2ccccc2N2c3ccc(-n4c5ccccc5c5cccc(-c6cc(C(C)(C)C)cc(C(C)(C)C)c6)c54)cc3B3c4cc(-n5c6ccccc6c6cccc(-c7cc(C(C)(C)C)cc(C(C)(C)C)c7)c65)ccc4N(c4ccccc4-c4c([2H])c([2H])c([2H])c([2H])c4[2H])c4cccc2c43)c([2H])c1[2H]. The molecule has 2 aromatic heterocycles. The van der Waals surface area contributed by atoms with Crippen molar-refractivity contribution in [3.63, 3.8) is 0 Å². The summed E-state index contributed by atoms with van der Waals surface area (Å²) in [6.07, 6.45) is 0. The second kappa shape index (κ2) is 22.9. The Labute approximate surface area is 598 Å². The molecule has 4 nitrogen and oxygen atoms in total. The van der Waals surface area contributed by atoms with E-state index in [0.717, 1.165) is 116 Å². The summed E-state index contributed by atoms with van der Waals surface area (Å²) in [5.41, 5.74) is 22.5. The van der Waals surface area contributed by atoms with Crippen molar-refractivity contribution in [2.45, 2.75) is 105 Å². The number of para-hydroxylation sites is 6. The van der Waals surface area contributed by atoms with Crippen molar-refractivity contribution in [2.75, 3.05) is 9.80 Å². The molecule has 17 rings (SSSR count). The monoisotopic (exact) mass is 1290 g/mol. The molecular weight excluding hydrogens is 1200 g/mol. The largest absolute Gasteiger partial charge is 0.311 e. The standard InChI is InChI=1S/C94H83BN4/c1-91(2,3)64-52-62(53-65(56-64)92(4,5)6)72-38-27-40-76-74-36-21-25-44-82(74)96(89(72)76)68-48-50-84-78(58-68)95-79-59-69(97-83-45-26-22-37-75(83)77-41-28-39-73(90(77)97)63-54-66(93(7,8)9)57-67(55-63)94(10,11)12)49-51-85(79)99(81-43-24-20-35-71(81)61-32-17-14-18-33-61)87-47-29-46-86(88(87)95)98(84)80-42-23-19-34-70(80)60-30-15-13-16-31-60/h13-59H,1-12H3/i13D,14D,15D,16D,17D,18D,30D,31D,32D,33D. The summed E-state index contributed by atoms with van der Waals surface area (Å²) in [6, 6.07) is 75.6. The van der Waals surface area contributed by atoms with Crippen molar-refractivity contribution in [2.24, 2.45) is 0 Å². The summed E-state index contributed by atoms with van der Waals surface area (Å²) >= 11 is 0. The maximum absolute atomic E-state index is 9.59. The van der Waals surface area contributed by atoms with Crippen molar-refractivity contribution in [1.82, 2.24) is 9.13 Å². The second-order valence-electron chi connectivity index (χ2n) is 31.0. The average molecular weight is 1290 g/mol. The maximum Gasteiger partial charge on any atom is 0.252 e. The molecule has 0 atom stereocenters. The van der Waals surface area contributed by atoms with E-state index < -0.39 is 43.0 Å². The van der Waals surface area contributed by atoms with E-state index in [0.29, 0.717) is 22.5 Å². The highest BCUT2D eigenvalue weighted by Crippen LogP contribution is 2.51. The van der Waals surface area contributed by atoms with Gasteiger partial charge in [0, 0.05) is 77.9 Å². The van der Waals surface area contributed by atoms with Crippen LogP contribution in [0.25, 0.3) is 99.5 Å². The van der Waals surface area contributed by atoms with E-state index in [2.05, 4.69) is 272 Å². The molecule has 0 radical (unpaired) electrons. The average Bonchev–Trinajstić information content (AvgIpc) is 1.17. The fourth-order valence-electron chi connectivity index (χ4n) is 15.6. The number of fused-ring (bicyclic) bond motifs is 10. The van der Waals surface area contributed by atoms with E-state index in [1.54, 1.807) is 0 Å². The summed E-state index contributed by atoms with van der Waals surface area (Å²) in [4.78, 5) is 4.39. The molecule has 13 aromatic carbocycles. The van der Waals surface area contributed by atoms with Crippen molar-refractivity contribution >= 4 is 101 Å². The molecule has 99 heavy (non-hydrogen) atoms. The van der Waals surface area contributed by atoms with E-state index in [-0.39, 0.29) is 57.0 Å². The number of hydrogen-bond donors (Lipinski definition) is 0. The van der Waals surface area contributed by atoms with Gasteiger partial charge in [-0.15, -0.1) is 0 Å². The zero-order chi connectivity index (χ0) is 76.7. The van der Waals surface area contributed by atoms with Crippen molar-refractivity contribution < 1.29 is 13.7 Å². The smallest absolute Gasteiger partial charge is 0.252 e. The first kappa shape index (κ1) is 51.4. The van der Waals surface area contributed by atoms with Gasteiger partial charge in [-0.2, -0.15) is 0 Å². The minimum absolute atomic E-state index is 0.0594. The third-order valence-electron chi connectivity index (χ3n) is 20.6. The minimum Gasteiger partial charge on any atom is -0.311 e. The van der Waals surface area contributed by atoms with Crippen LogP contribution < -0.4 is 26.2 Å². The summed E-state index contributed by atoms with van der Waals surface area (Å²) in [5.74, 6) is 0. The number of nitrogens with zero attached hydrogens (tertiary/aromatic N) is 4. The number of hydrogen-bond acceptors (Lipinski definition) is 2. The fraction of sp³-hybridized carbons (Fsp3) is 0.170. The van der Waals surface area contributed by atoms with Gasteiger partial charge in [0.1, 0.15) is 0 Å². The van der Waals surface area contributed by atoms with E-state index in [1.807, 2.05) is 54.6 Å². The Morgan fingerprint density at radius 3 is 1.01 bits per heavy atom. The molecule has 0 saturated heterocycles. The lowest BCUT2D eigenvalue weighted by Gasteiger charge is -2.45. The highest BCUT2D eigenvalue weighted by Gasteiger charge is 2.45. The fourth-order valence-corrected chi connectivity index (χ4v) is 15.6. The molecule has 2 aliphatic heterocycles. The normalized spacial score (nSPS) is 14.6. The lowest BCUT2D eigenvalue weighted by molar-refractivity contribution is 0.568. The van der Waals surface area contributed by atoms with Gasteiger partial charge in [-0.25, -0.2) is 0 Å². The molecule has 0 amide bonds. The molecule has 0 bridgehead atoms. The van der Waals surface area contributed by atoms with Gasteiger partial charge in [-0.1, -0.05) is 295 Å². The lowest BCUT2D eigenvalue weighted by Crippen LogP contribution is -2.61. The molecule has 482 valence electrons. The Morgan fingerprint density at radius 1 is 0.283 bits per heavy atom. The Hall–Kier alpha value is -10.9. The van der Waals surface area contributed by atoms with E-state index >= 15 is 0 Å². The first-order chi connectivity index (χ1) is 51.8. The first-order valence-corrected chi connectivity index (χ1v) is 34.5. The van der Waals surface area contributed by atoms with Gasteiger partial charge in [0.05, 0.1) is 47.1 Å². The zero-order valence-corrected chi connectivity index (χ0v) is 58.2. The first-order valence-electron chi connectivity index (χ1n) is 39.5. The van der Waals surface area contributed by atoms with Gasteiger partial charge in [-0.3, -0.25) is 0 Å². The van der Waals surface area contributed by atoms with Gasteiger partial charge in [-0.05, 0) is 155 Å². The van der Waals surface area contributed by atoms with Crippen LogP contribution in [0.4, 0.5) is 34.1 Å². The van der Waals surface area contributed by atoms with Gasteiger partial charge in [0.2, 0.25) is 0 Å². The quantitative estimate of drug-likeness (QED) is 0.141. The van der Waals surface area contributed by atoms with Gasteiger partial charge >= 0.3 is 0 Å². The Balaban J connectivity index is 1.02. The van der Waals surface area contributed by atoms with Crippen LogP contribution in [0.1, 0.15) is 119 Å². The second-order valence-corrected chi connectivity index (χ2v) is 31.0. The summed E-state index contributed by atoms with van der Waals surface area (Å²) in [5, 5.41) is 4.37. The number of anilines is 6. The molecule has 15 aromatic rings. The van der Waals surface area contributed by atoms with Crippen LogP contribution in [-0.2, 0) is 21.7 Å². The van der Waals surface area contributed by atoms with Crippen molar-refractivity contribution in [1.29, 1.82) is 0 Å². The molecule has 0 aliphatic carbocycles. The van der Waals surface area contributed by atoms with E-state index in [4.69, 9.17) is 8.22 Å². The van der Waals surface area contributed by atoms with Crippen molar-refractivity contribution in [3.8, 4) is 55.9 Å². The van der Waals surface area contributed by atoms with Crippen LogP contribution in [0.2, 0.25) is 0 Å². The topological polar surface area (TPSA) is 16.3 Å². The van der Waals surface area contributed by atoms with E-state index in [9.17, 15) is 5.48 Å². The van der Waals surface area contributed by atoms with E-state index in [1.165, 1.54) is 22.3 Å². The summed E-state index contributed by atoms with van der Waals surface area (Å²) < 4.78 is 97.1. The Kier molecular flexibility index (Phi) is 11.9. The molecule has 0 saturated carbocycles. The highest BCUT2D eigenvalue weighted by molar-refractivity contribution is 7.00. The Bertz CT molecular complexity index is 5890. The molecule has 0 spiro atoms. The predicted molar refractivity (Wildman–Crippen MR) is 426 cm³/mol. The zero-order valence-electron chi connectivity index (χ0n) is 68.2. The molecule has 2 aliphatic rings. The van der Waals surface area contributed by atoms with Crippen molar-refractivity contribution in [3.05, 3.63) is 307 Å². The molecular formula is C94H83BN4. The van der Waals surface area contributed by atoms with Crippen LogP contribution in [0.15, 0.2) is 285 Å². The van der Waals surface area contributed by atoms with Crippen LogP contribution in [0.5, 0.6) is 0 Å². The summed E-state index contributed by atoms with van der Waals surface area (Å²) in [7, 11) is 0. The number of aromatic nitrogens is 2. The lowest BCUT2D eigenvalue weighted by atomic mass is 9.33. The van der Waals surface area contributed by atoms with Gasteiger partial charge < -0.3 is 18.9 Å².